The molecular weight excluding hydrogens is 348 g/mol. The molecule has 1 aliphatic carbocycles. The van der Waals surface area contributed by atoms with E-state index in [9.17, 15) is 4.79 Å². The van der Waals surface area contributed by atoms with Gasteiger partial charge in [-0.2, -0.15) is 0 Å². The number of nitrogens with one attached hydrogen (secondary N) is 1. The average Bonchev–Trinajstić information content (AvgIpc) is 2.43. The summed E-state index contributed by atoms with van der Waals surface area (Å²) in [6.07, 6.45) is 3.59. The molecule has 3 atom stereocenters. The molecule has 1 amide bonds. The predicted octanol–water partition coefficient (Wildman–Crippen LogP) is 4.06. The monoisotopic (exact) mass is 370 g/mol. The Bertz CT molecular complexity index is 509. The fourth-order valence-corrected chi connectivity index (χ4v) is 3.97. The van der Waals surface area contributed by atoms with E-state index in [0.29, 0.717) is 29.3 Å². The van der Waals surface area contributed by atoms with Crippen molar-refractivity contribution in [1.82, 2.24) is 5.32 Å². The maximum atomic E-state index is 12.1. The Hall–Kier alpha value is -0.680. The van der Waals surface area contributed by atoms with Gasteiger partial charge in [-0.05, 0) is 36.5 Å². The molecule has 3 unspecified atom stereocenters. The lowest BCUT2D eigenvalue weighted by Crippen LogP contribution is -2.44. The Morgan fingerprint density at radius 1 is 1.43 bits per heavy atom. The molecule has 1 saturated carbocycles. The molecule has 0 bridgehead atoms. The molecule has 2 rings (SSSR count). The van der Waals surface area contributed by atoms with Crippen LogP contribution in [0.15, 0.2) is 27.6 Å². The number of carbonyl (C=O) groups excluding carboxylic acids is 1. The van der Waals surface area contributed by atoms with Gasteiger partial charge in [0.2, 0.25) is 5.91 Å². The van der Waals surface area contributed by atoms with E-state index in [0.717, 1.165) is 15.8 Å². The number of carbonyl (C=O) groups is 1. The van der Waals surface area contributed by atoms with Gasteiger partial charge in [-0.3, -0.25) is 4.79 Å². The number of rotatable bonds is 4. The van der Waals surface area contributed by atoms with Gasteiger partial charge in [0.15, 0.2) is 0 Å². The van der Waals surface area contributed by atoms with Crippen LogP contribution in [0.25, 0.3) is 0 Å². The van der Waals surface area contributed by atoms with Crippen LogP contribution in [0.1, 0.15) is 33.1 Å². The number of hydrogen-bond acceptors (Lipinski definition) is 3. The van der Waals surface area contributed by atoms with Crippen LogP contribution in [-0.2, 0) is 4.79 Å². The molecule has 116 valence electrons. The van der Waals surface area contributed by atoms with E-state index in [1.54, 1.807) is 0 Å². The van der Waals surface area contributed by atoms with E-state index in [-0.39, 0.29) is 5.91 Å². The number of amides is 1. The fourth-order valence-electron chi connectivity index (χ4n) is 2.83. The van der Waals surface area contributed by atoms with Crippen molar-refractivity contribution in [2.75, 3.05) is 11.5 Å². The SMILES string of the molecule is CC1CCCC(NC(=O)CSc2ccc(Br)cc2N)C1C. The Labute approximate surface area is 139 Å². The molecule has 3 nitrogen and oxygen atoms in total. The minimum absolute atomic E-state index is 0.105. The van der Waals surface area contributed by atoms with Crippen LogP contribution in [0.3, 0.4) is 0 Å². The number of benzene rings is 1. The molecule has 0 heterocycles. The summed E-state index contributed by atoms with van der Waals surface area (Å²) < 4.78 is 0.957. The molecule has 0 radical (unpaired) electrons. The van der Waals surface area contributed by atoms with Crippen LogP contribution in [0.4, 0.5) is 5.69 Å². The summed E-state index contributed by atoms with van der Waals surface area (Å²) in [6.45, 7) is 4.52. The summed E-state index contributed by atoms with van der Waals surface area (Å²) in [5.41, 5.74) is 6.66. The third-order valence-electron chi connectivity index (χ3n) is 4.38. The number of halogens is 1. The molecule has 3 N–H and O–H groups in total. The highest BCUT2D eigenvalue weighted by molar-refractivity contribution is 9.10. The van der Waals surface area contributed by atoms with Gasteiger partial charge >= 0.3 is 0 Å². The van der Waals surface area contributed by atoms with Crippen molar-refractivity contribution in [2.45, 2.75) is 44.0 Å². The minimum atomic E-state index is 0.105. The lowest BCUT2D eigenvalue weighted by Gasteiger charge is -2.34. The van der Waals surface area contributed by atoms with Gasteiger partial charge in [-0.1, -0.05) is 42.6 Å². The van der Waals surface area contributed by atoms with E-state index in [1.165, 1.54) is 24.6 Å². The number of hydrogen-bond donors (Lipinski definition) is 2. The quantitative estimate of drug-likeness (QED) is 0.620. The molecule has 1 aromatic rings. The first-order valence-corrected chi connectivity index (χ1v) is 9.22. The Morgan fingerprint density at radius 3 is 2.90 bits per heavy atom. The maximum Gasteiger partial charge on any atom is 0.230 e. The summed E-state index contributed by atoms with van der Waals surface area (Å²) in [4.78, 5) is 13.1. The van der Waals surface area contributed by atoms with Crippen LogP contribution in [-0.4, -0.2) is 17.7 Å². The number of anilines is 1. The van der Waals surface area contributed by atoms with Crippen molar-refractivity contribution < 1.29 is 4.79 Å². The van der Waals surface area contributed by atoms with Crippen molar-refractivity contribution in [3.63, 3.8) is 0 Å². The van der Waals surface area contributed by atoms with Gasteiger partial charge in [0, 0.05) is 21.1 Å². The molecule has 1 aromatic carbocycles. The van der Waals surface area contributed by atoms with Gasteiger partial charge in [0.1, 0.15) is 0 Å². The topological polar surface area (TPSA) is 55.1 Å². The average molecular weight is 371 g/mol. The highest BCUT2D eigenvalue weighted by Gasteiger charge is 2.27. The number of thioether (sulfide) groups is 1. The first-order chi connectivity index (χ1) is 9.97. The van der Waals surface area contributed by atoms with Crippen molar-refractivity contribution >= 4 is 39.3 Å². The van der Waals surface area contributed by atoms with Crippen LogP contribution >= 0.6 is 27.7 Å². The third kappa shape index (κ3) is 4.65. The highest BCUT2D eigenvalue weighted by Crippen LogP contribution is 2.30. The number of nitrogens with two attached hydrogens (primary N) is 1. The summed E-state index contributed by atoms with van der Waals surface area (Å²) in [6, 6.07) is 6.08. The summed E-state index contributed by atoms with van der Waals surface area (Å²) in [5, 5.41) is 3.19. The molecule has 0 saturated heterocycles. The Balaban J connectivity index is 1.84. The molecule has 1 fully saturated rings. The molecule has 5 heteroatoms. The molecule has 0 spiro atoms. The van der Waals surface area contributed by atoms with Crippen molar-refractivity contribution in [1.29, 1.82) is 0 Å². The lowest BCUT2D eigenvalue weighted by atomic mass is 9.78. The first kappa shape index (κ1) is 16.7. The Morgan fingerprint density at radius 2 is 2.19 bits per heavy atom. The summed E-state index contributed by atoms with van der Waals surface area (Å²) in [7, 11) is 0. The van der Waals surface area contributed by atoms with Crippen LogP contribution in [0, 0.1) is 11.8 Å². The maximum absolute atomic E-state index is 12.1. The first-order valence-electron chi connectivity index (χ1n) is 7.44. The second kappa shape index (κ2) is 7.54. The van der Waals surface area contributed by atoms with Gasteiger partial charge < -0.3 is 11.1 Å². The fraction of sp³-hybridized carbons (Fsp3) is 0.562. The lowest BCUT2D eigenvalue weighted by molar-refractivity contribution is -0.119. The predicted molar refractivity (Wildman–Crippen MR) is 93.4 cm³/mol. The largest absolute Gasteiger partial charge is 0.398 e. The minimum Gasteiger partial charge on any atom is -0.398 e. The zero-order valence-corrected chi connectivity index (χ0v) is 15.0. The highest BCUT2D eigenvalue weighted by atomic mass is 79.9. The van der Waals surface area contributed by atoms with Crippen molar-refractivity contribution in [2.24, 2.45) is 11.8 Å². The summed E-state index contributed by atoms with van der Waals surface area (Å²) >= 11 is 4.88. The molecule has 1 aliphatic rings. The summed E-state index contributed by atoms with van der Waals surface area (Å²) in [5.74, 6) is 1.78. The molecule has 0 aromatic heterocycles. The van der Waals surface area contributed by atoms with E-state index >= 15 is 0 Å². The second-order valence-corrected chi connectivity index (χ2v) is 7.84. The second-order valence-electron chi connectivity index (χ2n) is 5.91. The van der Waals surface area contributed by atoms with Crippen LogP contribution < -0.4 is 11.1 Å². The smallest absolute Gasteiger partial charge is 0.230 e. The van der Waals surface area contributed by atoms with Gasteiger partial charge in [-0.25, -0.2) is 0 Å². The Kier molecular flexibility index (Phi) is 5.99. The molecular formula is C16H23BrN2OS. The number of nitrogen functional groups attached to an aromatic ring is 1. The normalized spacial score (nSPS) is 25.6. The van der Waals surface area contributed by atoms with E-state index in [1.807, 2.05) is 18.2 Å². The van der Waals surface area contributed by atoms with Crippen LogP contribution in [0.2, 0.25) is 0 Å². The van der Waals surface area contributed by atoms with Gasteiger partial charge in [0.05, 0.1) is 5.75 Å². The third-order valence-corrected chi connectivity index (χ3v) is 5.97. The van der Waals surface area contributed by atoms with Crippen LogP contribution in [0.5, 0.6) is 0 Å². The molecule has 0 aliphatic heterocycles. The van der Waals surface area contributed by atoms with E-state index in [4.69, 9.17) is 5.73 Å². The van der Waals surface area contributed by atoms with E-state index in [2.05, 4.69) is 35.1 Å². The van der Waals surface area contributed by atoms with Crippen molar-refractivity contribution in [3.05, 3.63) is 22.7 Å². The standard InChI is InChI=1S/C16H23BrN2OS/c1-10-4-3-5-14(11(10)2)19-16(20)9-21-15-7-6-12(17)8-13(15)18/h6-8,10-11,14H,3-5,9,18H2,1-2H3,(H,19,20). The van der Waals surface area contributed by atoms with E-state index < -0.39 is 0 Å². The van der Waals surface area contributed by atoms with Gasteiger partial charge in [-0.15, -0.1) is 11.8 Å². The van der Waals surface area contributed by atoms with Gasteiger partial charge in [0.25, 0.3) is 0 Å². The molecule has 21 heavy (non-hydrogen) atoms. The zero-order chi connectivity index (χ0) is 15.4. The van der Waals surface area contributed by atoms with Crippen molar-refractivity contribution in [3.8, 4) is 0 Å². The zero-order valence-electron chi connectivity index (χ0n) is 12.6.